The molecule has 2 aliphatic heterocycles. The zero-order valence-electron chi connectivity index (χ0n) is 27.0. The van der Waals surface area contributed by atoms with Crippen molar-refractivity contribution in [1.82, 2.24) is 15.1 Å². The van der Waals surface area contributed by atoms with E-state index in [0.717, 1.165) is 63.1 Å². The Morgan fingerprint density at radius 2 is 1.52 bits per heavy atom. The Balaban J connectivity index is 1.36. The molecule has 4 nitrogen and oxygen atoms in total. The third-order valence-corrected chi connectivity index (χ3v) is 10.6. The summed E-state index contributed by atoms with van der Waals surface area (Å²) in [5.74, 6) is -0.384. The molecule has 5 rings (SSSR count). The van der Waals surface area contributed by atoms with Crippen LogP contribution in [-0.2, 0) is 29.0 Å². The van der Waals surface area contributed by atoms with Crippen LogP contribution in [0.4, 0.5) is 26.3 Å². The standard InChI is InChI=1S/C36H47F6N3O/c1-25-9-10-26(2)31(19-25)34(12-14-44-15-17-45(18-16-44)30-7-4-3-5-8-30)11-6-13-43-32(24-34)33(46)22-27-20-28(35(37,38)39)23-29(21-27)36(40,41)42/h9-10,19-21,23,30,32,43H,3-8,11-18,22,24H2,1-2H3. The predicted octanol–water partition coefficient (Wildman–Crippen LogP) is 7.87. The third-order valence-electron chi connectivity index (χ3n) is 10.6. The fourth-order valence-corrected chi connectivity index (χ4v) is 8.03. The monoisotopic (exact) mass is 651 g/mol. The zero-order valence-corrected chi connectivity index (χ0v) is 27.0. The van der Waals surface area contributed by atoms with Gasteiger partial charge >= 0.3 is 12.4 Å². The number of hydrogen-bond donors (Lipinski definition) is 1. The van der Waals surface area contributed by atoms with E-state index in [2.05, 4.69) is 40.2 Å². The number of rotatable bonds is 8. The summed E-state index contributed by atoms with van der Waals surface area (Å²) >= 11 is 0. The maximum Gasteiger partial charge on any atom is 0.416 e. The average molecular weight is 652 g/mol. The molecule has 2 unspecified atom stereocenters. The van der Waals surface area contributed by atoms with Gasteiger partial charge in [0.1, 0.15) is 0 Å². The number of carbonyl (C=O) groups is 1. The lowest BCUT2D eigenvalue weighted by Crippen LogP contribution is -2.51. The lowest BCUT2D eigenvalue weighted by atomic mass is 9.68. The molecule has 0 amide bonds. The summed E-state index contributed by atoms with van der Waals surface area (Å²) in [6.07, 6.45) is -0.946. The average Bonchev–Trinajstić information content (AvgIpc) is 3.25. The van der Waals surface area contributed by atoms with Crippen LogP contribution < -0.4 is 5.32 Å². The highest BCUT2D eigenvalue weighted by molar-refractivity contribution is 5.86. The molecule has 1 N–H and O–H groups in total. The van der Waals surface area contributed by atoms with Gasteiger partial charge in [-0.05, 0) is 106 Å². The molecule has 3 fully saturated rings. The number of nitrogens with one attached hydrogen (secondary N) is 1. The summed E-state index contributed by atoms with van der Waals surface area (Å²) in [6, 6.07) is 7.84. The molecule has 254 valence electrons. The molecule has 2 aromatic rings. The Labute approximate surface area is 268 Å². The van der Waals surface area contributed by atoms with Gasteiger partial charge in [-0.15, -0.1) is 0 Å². The quantitative estimate of drug-likeness (QED) is 0.295. The van der Waals surface area contributed by atoms with E-state index >= 15 is 0 Å². The van der Waals surface area contributed by atoms with Gasteiger partial charge in [-0.2, -0.15) is 26.3 Å². The van der Waals surface area contributed by atoms with E-state index in [4.69, 9.17) is 0 Å². The summed E-state index contributed by atoms with van der Waals surface area (Å²) < 4.78 is 81.1. The van der Waals surface area contributed by atoms with Crippen molar-refractivity contribution in [3.63, 3.8) is 0 Å². The number of piperazine rings is 1. The molecule has 0 aromatic heterocycles. The topological polar surface area (TPSA) is 35.6 Å². The fraction of sp³-hybridized carbons (Fsp3) is 0.639. The number of alkyl halides is 6. The van der Waals surface area contributed by atoms with E-state index < -0.39 is 35.9 Å². The van der Waals surface area contributed by atoms with Gasteiger partial charge in [0.25, 0.3) is 0 Å². The summed E-state index contributed by atoms with van der Waals surface area (Å²) in [4.78, 5) is 18.9. The molecule has 0 bridgehead atoms. The number of aryl methyl sites for hydroxylation is 2. The molecular formula is C36H47F6N3O. The number of carbonyl (C=O) groups excluding carboxylic acids is 1. The Morgan fingerprint density at radius 1 is 0.870 bits per heavy atom. The van der Waals surface area contributed by atoms with Crippen LogP contribution in [0.3, 0.4) is 0 Å². The molecule has 10 heteroatoms. The molecule has 2 atom stereocenters. The van der Waals surface area contributed by atoms with Crippen molar-refractivity contribution >= 4 is 5.78 Å². The Kier molecular flexibility index (Phi) is 10.9. The van der Waals surface area contributed by atoms with Crippen molar-refractivity contribution in [3.05, 3.63) is 69.8 Å². The minimum Gasteiger partial charge on any atom is -0.307 e. The van der Waals surface area contributed by atoms with Crippen LogP contribution in [0.15, 0.2) is 36.4 Å². The summed E-state index contributed by atoms with van der Waals surface area (Å²) in [5, 5.41) is 3.32. The van der Waals surface area contributed by atoms with E-state index in [1.807, 2.05) is 6.92 Å². The molecule has 0 spiro atoms. The maximum absolute atomic E-state index is 13.8. The lowest BCUT2D eigenvalue weighted by Gasteiger charge is -2.43. The molecule has 2 aromatic carbocycles. The molecule has 0 radical (unpaired) electrons. The van der Waals surface area contributed by atoms with Crippen molar-refractivity contribution in [2.75, 3.05) is 39.3 Å². The van der Waals surface area contributed by atoms with Gasteiger partial charge in [0.05, 0.1) is 17.2 Å². The van der Waals surface area contributed by atoms with Gasteiger partial charge in [0, 0.05) is 38.6 Å². The van der Waals surface area contributed by atoms with Crippen LogP contribution in [0.1, 0.15) is 91.2 Å². The second-order valence-electron chi connectivity index (χ2n) is 13.9. The first-order chi connectivity index (χ1) is 21.7. The highest BCUT2D eigenvalue weighted by atomic mass is 19.4. The van der Waals surface area contributed by atoms with Crippen molar-refractivity contribution in [1.29, 1.82) is 0 Å². The molecule has 1 saturated carbocycles. The number of ketones is 1. The first-order valence-electron chi connectivity index (χ1n) is 16.8. The smallest absolute Gasteiger partial charge is 0.307 e. The van der Waals surface area contributed by atoms with Crippen molar-refractivity contribution in [3.8, 4) is 0 Å². The van der Waals surface area contributed by atoms with E-state index in [0.29, 0.717) is 31.1 Å². The first-order valence-corrected chi connectivity index (χ1v) is 16.8. The van der Waals surface area contributed by atoms with Crippen molar-refractivity contribution < 1.29 is 31.1 Å². The van der Waals surface area contributed by atoms with E-state index in [1.54, 1.807) is 0 Å². The highest BCUT2D eigenvalue weighted by Gasteiger charge is 2.41. The number of hydrogen-bond acceptors (Lipinski definition) is 4. The van der Waals surface area contributed by atoms with Crippen molar-refractivity contribution in [2.24, 2.45) is 0 Å². The number of benzene rings is 2. The van der Waals surface area contributed by atoms with E-state index in [1.165, 1.54) is 37.7 Å². The molecule has 2 heterocycles. The van der Waals surface area contributed by atoms with Crippen LogP contribution >= 0.6 is 0 Å². The number of Topliss-reactive ketones (excluding diaryl/α,β-unsaturated/α-hetero) is 1. The summed E-state index contributed by atoms with van der Waals surface area (Å²) in [5.41, 5.74) is 0.0169. The Bertz CT molecular complexity index is 1310. The number of nitrogens with zero attached hydrogens (tertiary/aromatic N) is 2. The van der Waals surface area contributed by atoms with E-state index in [9.17, 15) is 31.1 Å². The normalized spacial score (nSPS) is 24.6. The highest BCUT2D eigenvalue weighted by Crippen LogP contribution is 2.42. The molecule has 2 saturated heterocycles. The van der Waals surface area contributed by atoms with Gasteiger partial charge in [0.2, 0.25) is 0 Å². The van der Waals surface area contributed by atoms with Crippen LogP contribution in [0.25, 0.3) is 0 Å². The molecule has 46 heavy (non-hydrogen) atoms. The van der Waals surface area contributed by atoms with Gasteiger partial charge in [-0.25, -0.2) is 0 Å². The largest absolute Gasteiger partial charge is 0.416 e. The van der Waals surface area contributed by atoms with Crippen LogP contribution in [-0.4, -0.2) is 66.9 Å². The minimum atomic E-state index is -4.96. The Morgan fingerprint density at radius 3 is 2.15 bits per heavy atom. The summed E-state index contributed by atoms with van der Waals surface area (Å²) in [6.45, 7) is 9.66. The minimum absolute atomic E-state index is 0.110. The molecule has 3 aliphatic rings. The second-order valence-corrected chi connectivity index (χ2v) is 13.9. The third kappa shape index (κ3) is 8.53. The molecule has 1 aliphatic carbocycles. The first kappa shape index (κ1) is 34.9. The SMILES string of the molecule is Cc1ccc(C)c(C2(CCN3CCN(C4CCCCC4)CC3)CCCNC(C(=O)Cc3cc(C(F)(F)F)cc(C(F)(F)F)c3)C2)c1. The zero-order chi connectivity index (χ0) is 33.1. The van der Waals surface area contributed by atoms with Crippen LogP contribution in [0, 0.1) is 13.8 Å². The van der Waals surface area contributed by atoms with Crippen LogP contribution in [0.5, 0.6) is 0 Å². The van der Waals surface area contributed by atoms with Gasteiger partial charge in [0.15, 0.2) is 5.78 Å². The van der Waals surface area contributed by atoms with Gasteiger partial charge in [-0.3, -0.25) is 9.69 Å². The fourth-order valence-electron chi connectivity index (χ4n) is 8.03. The Hall–Kier alpha value is -2.43. The lowest BCUT2D eigenvalue weighted by molar-refractivity contribution is -0.143. The van der Waals surface area contributed by atoms with Crippen LogP contribution in [0.2, 0.25) is 0 Å². The molecular weight excluding hydrogens is 604 g/mol. The second kappa shape index (κ2) is 14.4. The predicted molar refractivity (Wildman–Crippen MR) is 168 cm³/mol. The van der Waals surface area contributed by atoms with Gasteiger partial charge in [-0.1, -0.05) is 43.0 Å². The number of halogens is 6. The van der Waals surface area contributed by atoms with Gasteiger partial charge < -0.3 is 10.2 Å². The summed E-state index contributed by atoms with van der Waals surface area (Å²) in [7, 11) is 0. The van der Waals surface area contributed by atoms with E-state index in [-0.39, 0.29) is 22.8 Å². The van der Waals surface area contributed by atoms with Crippen molar-refractivity contribution in [2.45, 2.75) is 108 Å². The maximum atomic E-state index is 13.8.